The van der Waals surface area contributed by atoms with E-state index in [9.17, 15) is 9.59 Å². The third-order valence-electron chi connectivity index (χ3n) is 4.74. The average molecular weight is 356 g/mol. The topological polar surface area (TPSA) is 52.6 Å². The molecule has 1 fully saturated rings. The summed E-state index contributed by atoms with van der Waals surface area (Å²) in [7, 11) is 0. The predicted molar refractivity (Wildman–Crippen MR) is 103 cm³/mol. The lowest BCUT2D eigenvalue weighted by molar-refractivity contribution is -0.146. The molecule has 0 heterocycles. The van der Waals surface area contributed by atoms with E-state index in [4.69, 9.17) is 9.47 Å². The van der Waals surface area contributed by atoms with Crippen LogP contribution in [0, 0.1) is 5.92 Å². The zero-order valence-electron chi connectivity index (χ0n) is 15.7. The molecule has 1 aromatic carbocycles. The van der Waals surface area contributed by atoms with Crippen molar-refractivity contribution >= 4 is 18.0 Å². The van der Waals surface area contributed by atoms with E-state index in [1.54, 1.807) is 13.0 Å². The number of benzene rings is 1. The molecular formula is C22H28O4. The number of hydrogen-bond acceptors (Lipinski definition) is 4. The highest BCUT2D eigenvalue weighted by molar-refractivity contribution is 5.87. The van der Waals surface area contributed by atoms with Gasteiger partial charge in [0.25, 0.3) is 0 Å². The van der Waals surface area contributed by atoms with Crippen molar-refractivity contribution in [1.82, 2.24) is 0 Å². The molecule has 0 bridgehead atoms. The number of hydrogen-bond donors (Lipinski definition) is 0. The smallest absolute Gasteiger partial charge is 0.333 e. The minimum Gasteiger partial charge on any atom is -0.459 e. The summed E-state index contributed by atoms with van der Waals surface area (Å²) in [5.41, 5.74) is 2.67. The van der Waals surface area contributed by atoms with Crippen LogP contribution in [0.4, 0.5) is 0 Å². The maximum absolute atomic E-state index is 11.7. The molecule has 0 N–H and O–H groups in total. The van der Waals surface area contributed by atoms with E-state index in [0.717, 1.165) is 11.5 Å². The van der Waals surface area contributed by atoms with Crippen LogP contribution >= 0.6 is 0 Å². The zero-order chi connectivity index (χ0) is 18.9. The van der Waals surface area contributed by atoms with Crippen molar-refractivity contribution in [2.24, 2.45) is 5.92 Å². The zero-order valence-corrected chi connectivity index (χ0v) is 15.7. The summed E-state index contributed by atoms with van der Waals surface area (Å²) in [4.78, 5) is 22.9. The Kier molecular flexibility index (Phi) is 7.64. The molecule has 1 saturated carbocycles. The van der Waals surface area contributed by atoms with Crippen LogP contribution in [-0.4, -0.2) is 25.2 Å². The van der Waals surface area contributed by atoms with E-state index < -0.39 is 11.9 Å². The normalized spacial score (nSPS) is 19.9. The third kappa shape index (κ3) is 6.51. The van der Waals surface area contributed by atoms with E-state index >= 15 is 0 Å². The molecule has 26 heavy (non-hydrogen) atoms. The summed E-state index contributed by atoms with van der Waals surface area (Å²) < 4.78 is 9.84. The van der Waals surface area contributed by atoms with E-state index in [1.807, 2.05) is 12.1 Å². The number of esters is 2. The molecule has 0 amide bonds. The number of ether oxygens (including phenoxy) is 2. The second-order valence-corrected chi connectivity index (χ2v) is 7.04. The van der Waals surface area contributed by atoms with Gasteiger partial charge in [-0.15, -0.1) is 0 Å². The highest BCUT2D eigenvalue weighted by atomic mass is 16.6. The Morgan fingerprint density at radius 2 is 1.69 bits per heavy atom. The van der Waals surface area contributed by atoms with Crippen LogP contribution in [0.1, 0.15) is 56.6 Å². The third-order valence-corrected chi connectivity index (χ3v) is 4.74. The van der Waals surface area contributed by atoms with Crippen molar-refractivity contribution in [3.05, 3.63) is 53.6 Å². The van der Waals surface area contributed by atoms with Crippen molar-refractivity contribution in [2.45, 2.75) is 45.4 Å². The fourth-order valence-electron chi connectivity index (χ4n) is 3.08. The van der Waals surface area contributed by atoms with Crippen LogP contribution in [0.25, 0.3) is 6.08 Å². The Labute approximate surface area is 155 Å². The summed E-state index contributed by atoms with van der Waals surface area (Å²) in [6.45, 7) is 7.43. The molecule has 0 aromatic heterocycles. The molecular weight excluding hydrogens is 328 g/mol. The standard InChI is InChI=1S/C22H28O4/c1-16(2)22(24)26-15-14-25-21(23)13-8-18-6-11-20(12-7-18)19-9-4-17(3)5-10-19/h6-8,11-13,17,19H,1,4-5,9-10,14-15H2,2-3H3/b13-8+/t17-,19-. The Balaban J connectivity index is 1.74. The molecule has 4 nitrogen and oxygen atoms in total. The predicted octanol–water partition coefficient (Wildman–Crippen LogP) is 4.66. The quantitative estimate of drug-likeness (QED) is 0.405. The van der Waals surface area contributed by atoms with Crippen LogP contribution in [0.5, 0.6) is 0 Å². The SMILES string of the molecule is C=C(C)C(=O)OCCOC(=O)/C=C/c1ccc([C@H]2CC[C@H](C)CC2)cc1. The van der Waals surface area contributed by atoms with Gasteiger partial charge in [0.15, 0.2) is 0 Å². The maximum atomic E-state index is 11.7. The molecule has 0 unspecified atom stereocenters. The van der Waals surface area contributed by atoms with Crippen molar-refractivity contribution in [3.63, 3.8) is 0 Å². The summed E-state index contributed by atoms with van der Waals surface area (Å²) in [6, 6.07) is 8.38. The highest BCUT2D eigenvalue weighted by Gasteiger charge is 2.19. The van der Waals surface area contributed by atoms with E-state index in [2.05, 4.69) is 25.6 Å². The summed E-state index contributed by atoms with van der Waals surface area (Å²) in [6.07, 6.45) is 8.25. The van der Waals surface area contributed by atoms with Crippen LogP contribution in [-0.2, 0) is 19.1 Å². The Bertz CT molecular complexity index is 649. The molecule has 1 aliphatic carbocycles. The van der Waals surface area contributed by atoms with Gasteiger partial charge in [0.1, 0.15) is 13.2 Å². The van der Waals surface area contributed by atoms with Gasteiger partial charge in [0.2, 0.25) is 0 Å². The van der Waals surface area contributed by atoms with Crippen LogP contribution in [0.2, 0.25) is 0 Å². The highest BCUT2D eigenvalue weighted by Crippen LogP contribution is 2.35. The first-order valence-electron chi connectivity index (χ1n) is 9.23. The number of carbonyl (C=O) groups excluding carboxylic acids is 2. The van der Waals surface area contributed by atoms with Gasteiger partial charge in [-0.1, -0.05) is 50.6 Å². The van der Waals surface area contributed by atoms with Gasteiger partial charge < -0.3 is 9.47 Å². The summed E-state index contributed by atoms with van der Waals surface area (Å²) in [5.74, 6) is 0.575. The minimum atomic E-state index is -0.482. The molecule has 1 aliphatic rings. The Morgan fingerprint density at radius 1 is 1.08 bits per heavy atom. The van der Waals surface area contributed by atoms with E-state index in [-0.39, 0.29) is 13.2 Å². The van der Waals surface area contributed by atoms with Gasteiger partial charge in [-0.25, -0.2) is 9.59 Å². The first kappa shape index (κ1) is 20.0. The molecule has 0 atom stereocenters. The molecule has 0 aliphatic heterocycles. The van der Waals surface area contributed by atoms with Crippen LogP contribution in [0.15, 0.2) is 42.5 Å². The summed E-state index contributed by atoms with van der Waals surface area (Å²) >= 11 is 0. The largest absolute Gasteiger partial charge is 0.459 e. The Hall–Kier alpha value is -2.36. The van der Waals surface area contributed by atoms with Gasteiger partial charge in [-0.2, -0.15) is 0 Å². The van der Waals surface area contributed by atoms with Gasteiger partial charge in [-0.3, -0.25) is 0 Å². The monoisotopic (exact) mass is 356 g/mol. The summed E-state index contributed by atoms with van der Waals surface area (Å²) in [5, 5.41) is 0. The van der Waals surface area contributed by atoms with Crippen molar-refractivity contribution in [3.8, 4) is 0 Å². The molecule has 0 spiro atoms. The van der Waals surface area contributed by atoms with E-state index in [1.165, 1.54) is 37.3 Å². The van der Waals surface area contributed by atoms with Crippen molar-refractivity contribution in [2.75, 3.05) is 13.2 Å². The molecule has 4 heteroatoms. The lowest BCUT2D eigenvalue weighted by Gasteiger charge is -2.26. The number of carbonyl (C=O) groups is 2. The maximum Gasteiger partial charge on any atom is 0.333 e. The van der Waals surface area contributed by atoms with E-state index in [0.29, 0.717) is 11.5 Å². The second-order valence-electron chi connectivity index (χ2n) is 7.04. The molecule has 2 rings (SSSR count). The van der Waals surface area contributed by atoms with Crippen molar-refractivity contribution < 1.29 is 19.1 Å². The first-order valence-corrected chi connectivity index (χ1v) is 9.23. The fraction of sp³-hybridized carbons (Fsp3) is 0.455. The number of rotatable bonds is 7. The lowest BCUT2D eigenvalue weighted by Crippen LogP contribution is -2.13. The van der Waals surface area contributed by atoms with Gasteiger partial charge in [0, 0.05) is 11.6 Å². The molecule has 1 aromatic rings. The van der Waals surface area contributed by atoms with Gasteiger partial charge >= 0.3 is 11.9 Å². The van der Waals surface area contributed by atoms with Crippen LogP contribution < -0.4 is 0 Å². The minimum absolute atomic E-state index is 0.0278. The lowest BCUT2D eigenvalue weighted by atomic mass is 9.79. The average Bonchev–Trinajstić information content (AvgIpc) is 2.64. The fourth-order valence-corrected chi connectivity index (χ4v) is 3.08. The van der Waals surface area contributed by atoms with Crippen molar-refractivity contribution in [1.29, 1.82) is 0 Å². The Morgan fingerprint density at radius 3 is 2.31 bits per heavy atom. The first-order chi connectivity index (χ1) is 12.5. The van der Waals surface area contributed by atoms with Crippen LogP contribution in [0.3, 0.4) is 0 Å². The molecule has 0 radical (unpaired) electrons. The molecule has 140 valence electrons. The van der Waals surface area contributed by atoms with Gasteiger partial charge in [-0.05, 0) is 48.8 Å². The second kappa shape index (κ2) is 9.95. The van der Waals surface area contributed by atoms with Gasteiger partial charge in [0.05, 0.1) is 0 Å². The molecule has 0 saturated heterocycles.